The minimum absolute atomic E-state index is 0.0463. The van der Waals surface area contributed by atoms with Gasteiger partial charge in [-0.3, -0.25) is 14.3 Å². The summed E-state index contributed by atoms with van der Waals surface area (Å²) in [7, 11) is 0. The van der Waals surface area contributed by atoms with Crippen molar-refractivity contribution in [2.75, 3.05) is 13.2 Å². The van der Waals surface area contributed by atoms with E-state index in [0.717, 1.165) is 4.57 Å². The van der Waals surface area contributed by atoms with Gasteiger partial charge in [-0.05, 0) is 0 Å². The van der Waals surface area contributed by atoms with Gasteiger partial charge in [-0.15, -0.1) is 0 Å². The summed E-state index contributed by atoms with van der Waals surface area (Å²) in [5, 5.41) is 18.7. The van der Waals surface area contributed by atoms with Gasteiger partial charge in [-0.2, -0.15) is 0 Å². The SMILES string of the molecule is C=CCOc1cn([C@H]2C[C@H](O)[C@@H](CO)O2)c(=O)[nH]c1=O. The number of ether oxygens (including phenoxy) is 2. The average Bonchev–Trinajstić information content (AvgIpc) is 2.79. The van der Waals surface area contributed by atoms with Crippen molar-refractivity contribution in [3.8, 4) is 5.75 Å². The molecule has 0 unspecified atom stereocenters. The molecule has 0 saturated carbocycles. The molecule has 3 N–H and O–H groups in total. The van der Waals surface area contributed by atoms with E-state index < -0.39 is 29.7 Å². The van der Waals surface area contributed by atoms with Crippen molar-refractivity contribution in [3.05, 3.63) is 39.7 Å². The fourth-order valence-electron chi connectivity index (χ4n) is 1.98. The first-order chi connectivity index (χ1) is 9.56. The van der Waals surface area contributed by atoms with Crippen molar-refractivity contribution < 1.29 is 19.7 Å². The van der Waals surface area contributed by atoms with E-state index in [-0.39, 0.29) is 25.4 Å². The molecule has 1 aromatic rings. The highest BCUT2D eigenvalue weighted by Gasteiger charge is 2.35. The lowest BCUT2D eigenvalue weighted by atomic mass is 10.2. The smallest absolute Gasteiger partial charge is 0.330 e. The second-order valence-electron chi connectivity index (χ2n) is 4.37. The Kier molecular flexibility index (Phi) is 4.38. The molecule has 0 aromatic carbocycles. The van der Waals surface area contributed by atoms with Crippen LogP contribution in [0.5, 0.6) is 5.75 Å². The summed E-state index contributed by atoms with van der Waals surface area (Å²) in [5.41, 5.74) is -1.32. The quantitative estimate of drug-likeness (QED) is 0.582. The van der Waals surface area contributed by atoms with E-state index in [4.69, 9.17) is 14.6 Å². The number of hydrogen-bond donors (Lipinski definition) is 3. The van der Waals surface area contributed by atoms with Crippen LogP contribution < -0.4 is 16.0 Å². The van der Waals surface area contributed by atoms with Gasteiger partial charge in [0, 0.05) is 6.42 Å². The Bertz CT molecular complexity index is 592. The van der Waals surface area contributed by atoms with Crippen molar-refractivity contribution in [2.45, 2.75) is 24.9 Å². The van der Waals surface area contributed by atoms with Gasteiger partial charge in [0.1, 0.15) is 18.9 Å². The van der Waals surface area contributed by atoms with Gasteiger partial charge in [0.05, 0.1) is 18.9 Å². The molecule has 1 aromatic heterocycles. The molecule has 0 amide bonds. The first kappa shape index (κ1) is 14.5. The van der Waals surface area contributed by atoms with E-state index >= 15 is 0 Å². The largest absolute Gasteiger partial charge is 0.483 e. The van der Waals surface area contributed by atoms with Gasteiger partial charge in [0.15, 0.2) is 0 Å². The molecular formula is C12H16N2O6. The van der Waals surface area contributed by atoms with E-state index in [1.54, 1.807) is 0 Å². The van der Waals surface area contributed by atoms with Crippen LogP contribution in [0.4, 0.5) is 0 Å². The number of aromatic amines is 1. The number of rotatable bonds is 5. The Morgan fingerprint density at radius 3 is 2.95 bits per heavy atom. The normalized spacial score (nSPS) is 25.6. The Balaban J connectivity index is 2.30. The maximum absolute atomic E-state index is 11.8. The Hall–Kier alpha value is -1.90. The molecule has 0 aliphatic carbocycles. The molecule has 2 rings (SSSR count). The van der Waals surface area contributed by atoms with Crippen LogP contribution in [0.2, 0.25) is 0 Å². The van der Waals surface area contributed by atoms with E-state index in [0.29, 0.717) is 0 Å². The third kappa shape index (κ3) is 2.82. The molecule has 3 atom stereocenters. The fraction of sp³-hybridized carbons (Fsp3) is 0.500. The maximum atomic E-state index is 11.8. The first-order valence-corrected chi connectivity index (χ1v) is 6.10. The molecule has 2 heterocycles. The summed E-state index contributed by atoms with van der Waals surface area (Å²) in [6.45, 7) is 3.23. The zero-order valence-corrected chi connectivity index (χ0v) is 10.7. The summed E-state index contributed by atoms with van der Waals surface area (Å²) in [6.07, 6.45) is 0.433. The monoisotopic (exact) mass is 284 g/mol. The molecule has 1 fully saturated rings. The summed E-state index contributed by atoms with van der Waals surface area (Å²) in [5.74, 6) is -0.0463. The number of aliphatic hydroxyl groups is 2. The third-order valence-corrected chi connectivity index (χ3v) is 2.99. The second kappa shape index (κ2) is 6.04. The molecule has 20 heavy (non-hydrogen) atoms. The van der Waals surface area contributed by atoms with Crippen LogP contribution in [0.15, 0.2) is 28.4 Å². The molecule has 1 aliphatic heterocycles. The number of aromatic nitrogens is 2. The van der Waals surface area contributed by atoms with Crippen molar-refractivity contribution in [1.82, 2.24) is 9.55 Å². The van der Waals surface area contributed by atoms with E-state index in [1.807, 2.05) is 0 Å². The van der Waals surface area contributed by atoms with Gasteiger partial charge in [0.2, 0.25) is 5.75 Å². The summed E-state index contributed by atoms with van der Waals surface area (Å²) >= 11 is 0. The van der Waals surface area contributed by atoms with Crippen molar-refractivity contribution in [3.63, 3.8) is 0 Å². The number of nitrogens with zero attached hydrogens (tertiary/aromatic N) is 1. The fourth-order valence-corrected chi connectivity index (χ4v) is 1.98. The molecule has 1 aliphatic rings. The zero-order valence-electron chi connectivity index (χ0n) is 10.7. The maximum Gasteiger partial charge on any atom is 0.330 e. The van der Waals surface area contributed by atoms with Gasteiger partial charge in [-0.25, -0.2) is 4.79 Å². The average molecular weight is 284 g/mol. The molecule has 0 radical (unpaired) electrons. The Labute approximate surface area is 113 Å². The highest BCUT2D eigenvalue weighted by atomic mass is 16.5. The van der Waals surface area contributed by atoms with E-state index in [9.17, 15) is 14.7 Å². The minimum atomic E-state index is -0.874. The minimum Gasteiger partial charge on any atom is -0.483 e. The van der Waals surface area contributed by atoms with Gasteiger partial charge < -0.3 is 19.7 Å². The van der Waals surface area contributed by atoms with Crippen LogP contribution in [0.1, 0.15) is 12.6 Å². The van der Waals surface area contributed by atoms with Crippen LogP contribution in [-0.2, 0) is 4.74 Å². The van der Waals surface area contributed by atoms with Gasteiger partial charge in [-0.1, -0.05) is 12.7 Å². The second-order valence-corrected chi connectivity index (χ2v) is 4.37. The van der Waals surface area contributed by atoms with Gasteiger partial charge >= 0.3 is 5.69 Å². The predicted molar refractivity (Wildman–Crippen MR) is 68.6 cm³/mol. The molecule has 1 saturated heterocycles. The third-order valence-electron chi connectivity index (χ3n) is 2.99. The van der Waals surface area contributed by atoms with Crippen LogP contribution in [0.25, 0.3) is 0 Å². The summed E-state index contributed by atoms with van der Waals surface area (Å²) < 4.78 is 11.6. The van der Waals surface area contributed by atoms with Crippen LogP contribution in [0.3, 0.4) is 0 Å². The number of hydrogen-bond acceptors (Lipinski definition) is 6. The molecule has 8 nitrogen and oxygen atoms in total. The van der Waals surface area contributed by atoms with E-state index in [1.165, 1.54) is 12.3 Å². The van der Waals surface area contributed by atoms with Crippen LogP contribution in [-0.4, -0.2) is 45.2 Å². The standard InChI is InChI=1S/C12H16N2O6/c1-2-3-19-8-5-14(12(18)13-11(8)17)10-4-7(16)9(6-15)20-10/h2,5,7,9-10,15-16H,1,3-4,6H2,(H,13,17,18)/t7-,9+,10+/m0/s1. The Morgan fingerprint density at radius 1 is 1.60 bits per heavy atom. The molecular weight excluding hydrogens is 268 g/mol. The highest BCUT2D eigenvalue weighted by molar-refractivity contribution is 5.13. The number of H-pyrrole nitrogens is 1. The topological polar surface area (TPSA) is 114 Å². The lowest BCUT2D eigenvalue weighted by Gasteiger charge is -2.15. The highest BCUT2D eigenvalue weighted by Crippen LogP contribution is 2.27. The zero-order chi connectivity index (χ0) is 14.7. The van der Waals surface area contributed by atoms with Crippen molar-refractivity contribution >= 4 is 0 Å². The first-order valence-electron chi connectivity index (χ1n) is 6.10. The number of nitrogens with one attached hydrogen (secondary N) is 1. The van der Waals surface area contributed by atoms with Crippen LogP contribution in [0, 0.1) is 0 Å². The summed E-state index contributed by atoms with van der Waals surface area (Å²) in [6, 6.07) is 0. The van der Waals surface area contributed by atoms with Crippen molar-refractivity contribution in [1.29, 1.82) is 0 Å². The molecule has 0 spiro atoms. The lowest BCUT2D eigenvalue weighted by molar-refractivity contribution is -0.0461. The predicted octanol–water partition coefficient (Wildman–Crippen LogP) is -1.26. The van der Waals surface area contributed by atoms with E-state index in [2.05, 4.69) is 11.6 Å². The number of aliphatic hydroxyl groups excluding tert-OH is 2. The van der Waals surface area contributed by atoms with Crippen molar-refractivity contribution in [2.24, 2.45) is 0 Å². The lowest BCUT2D eigenvalue weighted by Crippen LogP contribution is -2.33. The molecule has 0 bridgehead atoms. The Morgan fingerprint density at radius 2 is 2.35 bits per heavy atom. The molecule has 110 valence electrons. The molecule has 8 heteroatoms. The van der Waals surface area contributed by atoms with Crippen LogP contribution >= 0.6 is 0 Å². The summed E-state index contributed by atoms with van der Waals surface area (Å²) in [4.78, 5) is 25.4. The van der Waals surface area contributed by atoms with Gasteiger partial charge in [0.25, 0.3) is 5.56 Å².